The first kappa shape index (κ1) is 19.2. The Morgan fingerprint density at radius 1 is 0.875 bits per heavy atom. The van der Waals surface area contributed by atoms with E-state index in [1.807, 2.05) is 67.6 Å². The molecule has 0 N–H and O–H groups in total. The number of rotatable bonds is 4. The molecule has 2 rings (SSSR count). The van der Waals surface area contributed by atoms with Crippen LogP contribution < -0.4 is 0 Å². The lowest BCUT2D eigenvalue weighted by molar-refractivity contribution is -0.145. The fourth-order valence-electron chi connectivity index (χ4n) is 1.90. The van der Waals surface area contributed by atoms with Crippen molar-refractivity contribution in [3.05, 3.63) is 78.4 Å². The Balaban J connectivity index is 0.000000240. The van der Waals surface area contributed by atoms with E-state index in [4.69, 9.17) is 9.47 Å². The molecule has 2 aromatic rings. The lowest BCUT2D eigenvalue weighted by Gasteiger charge is -2.11. The molecule has 0 amide bonds. The zero-order chi connectivity index (χ0) is 17.9. The van der Waals surface area contributed by atoms with Gasteiger partial charge in [-0.2, -0.15) is 0 Å². The summed E-state index contributed by atoms with van der Waals surface area (Å²) < 4.78 is 9.80. The van der Waals surface area contributed by atoms with Gasteiger partial charge in [0.2, 0.25) is 0 Å². The van der Waals surface area contributed by atoms with Gasteiger partial charge in [0.05, 0.1) is 0 Å². The predicted molar refractivity (Wildman–Crippen MR) is 93.9 cm³/mol. The third-order valence-corrected chi connectivity index (χ3v) is 2.97. The van der Waals surface area contributed by atoms with E-state index in [9.17, 15) is 9.59 Å². The number of ether oxygens (including phenoxy) is 2. The van der Waals surface area contributed by atoms with Crippen molar-refractivity contribution in [2.45, 2.75) is 26.9 Å². The van der Waals surface area contributed by atoms with Crippen LogP contribution in [0.2, 0.25) is 0 Å². The van der Waals surface area contributed by atoms with Crippen LogP contribution in [0.5, 0.6) is 0 Å². The van der Waals surface area contributed by atoms with E-state index in [1.54, 1.807) is 0 Å². The molecule has 4 heteroatoms. The lowest BCUT2D eigenvalue weighted by Crippen LogP contribution is -2.04. The fourth-order valence-corrected chi connectivity index (χ4v) is 1.90. The summed E-state index contributed by atoms with van der Waals surface area (Å²) in [6, 6.07) is 19.0. The summed E-state index contributed by atoms with van der Waals surface area (Å²) in [6.07, 6.45) is -0.149. The highest BCUT2D eigenvalue weighted by Gasteiger charge is 2.06. The average Bonchev–Trinajstić information content (AvgIpc) is 2.56. The smallest absolute Gasteiger partial charge is 0.308 e. The van der Waals surface area contributed by atoms with Gasteiger partial charge in [0.1, 0.15) is 11.9 Å². The monoisotopic (exact) mass is 326 g/mol. The van der Waals surface area contributed by atoms with Crippen molar-refractivity contribution < 1.29 is 19.1 Å². The minimum Gasteiger partial charge on any atom is -0.458 e. The molecule has 0 saturated heterocycles. The second kappa shape index (κ2) is 10.0. The Labute approximate surface area is 142 Å². The Morgan fingerprint density at radius 3 is 1.83 bits per heavy atom. The number of carbonyl (C=O) groups is 2. The third kappa shape index (κ3) is 7.40. The van der Waals surface area contributed by atoms with Crippen LogP contribution in [-0.2, 0) is 19.1 Å². The SMILES string of the molecule is C=C(OC(C)=O)c1ccccc1.CC(=O)OC(C)c1ccccc1. The Kier molecular flexibility index (Phi) is 7.99. The number of hydrogen-bond donors (Lipinski definition) is 0. The van der Waals surface area contributed by atoms with Gasteiger partial charge in [-0.15, -0.1) is 0 Å². The molecule has 0 aliphatic heterocycles. The molecule has 2 aromatic carbocycles. The van der Waals surface area contributed by atoms with E-state index >= 15 is 0 Å². The van der Waals surface area contributed by atoms with Gasteiger partial charge in [-0.25, -0.2) is 0 Å². The Morgan fingerprint density at radius 2 is 1.38 bits per heavy atom. The topological polar surface area (TPSA) is 52.6 Å². The number of benzene rings is 2. The van der Waals surface area contributed by atoms with Gasteiger partial charge in [-0.1, -0.05) is 67.2 Å². The summed E-state index contributed by atoms with van der Waals surface area (Å²) in [5.74, 6) is -0.196. The zero-order valence-corrected chi connectivity index (χ0v) is 14.2. The maximum Gasteiger partial charge on any atom is 0.308 e. The Bertz CT molecular complexity index is 663. The summed E-state index contributed by atoms with van der Waals surface area (Å²) >= 11 is 0. The van der Waals surface area contributed by atoms with Crippen LogP contribution in [0.3, 0.4) is 0 Å². The fraction of sp³-hybridized carbons (Fsp3) is 0.200. The molecular formula is C20H22O4. The van der Waals surface area contributed by atoms with E-state index in [1.165, 1.54) is 13.8 Å². The molecule has 24 heavy (non-hydrogen) atoms. The van der Waals surface area contributed by atoms with E-state index in [0.717, 1.165) is 11.1 Å². The van der Waals surface area contributed by atoms with Crippen molar-refractivity contribution in [2.24, 2.45) is 0 Å². The van der Waals surface area contributed by atoms with E-state index in [0.29, 0.717) is 5.76 Å². The van der Waals surface area contributed by atoms with E-state index in [2.05, 4.69) is 6.58 Å². The van der Waals surface area contributed by atoms with Gasteiger partial charge in [0, 0.05) is 19.4 Å². The van der Waals surface area contributed by atoms with Gasteiger partial charge in [0.25, 0.3) is 0 Å². The molecule has 0 spiro atoms. The van der Waals surface area contributed by atoms with E-state index < -0.39 is 0 Å². The summed E-state index contributed by atoms with van der Waals surface area (Å²) in [7, 11) is 0. The van der Waals surface area contributed by atoms with Gasteiger partial charge in [-0.05, 0) is 12.5 Å². The molecule has 0 fully saturated rings. The maximum absolute atomic E-state index is 10.6. The van der Waals surface area contributed by atoms with Crippen LogP contribution in [0.4, 0.5) is 0 Å². The van der Waals surface area contributed by atoms with Crippen LogP contribution in [-0.4, -0.2) is 11.9 Å². The Hall–Kier alpha value is -2.88. The molecule has 4 nitrogen and oxygen atoms in total. The predicted octanol–water partition coefficient (Wildman–Crippen LogP) is 4.53. The summed E-state index contributed by atoms with van der Waals surface area (Å²) in [5, 5.41) is 0. The van der Waals surface area contributed by atoms with Crippen molar-refractivity contribution in [1.82, 2.24) is 0 Å². The summed E-state index contributed by atoms with van der Waals surface area (Å²) in [4.78, 5) is 21.1. The highest BCUT2D eigenvalue weighted by atomic mass is 16.5. The molecule has 126 valence electrons. The first-order valence-electron chi connectivity index (χ1n) is 7.55. The largest absolute Gasteiger partial charge is 0.458 e. The lowest BCUT2D eigenvalue weighted by atomic mass is 10.1. The third-order valence-electron chi connectivity index (χ3n) is 2.97. The molecule has 0 aliphatic rings. The van der Waals surface area contributed by atoms with E-state index in [-0.39, 0.29) is 18.0 Å². The zero-order valence-electron chi connectivity index (χ0n) is 14.2. The molecule has 0 radical (unpaired) electrons. The minimum atomic E-state index is -0.344. The number of hydrogen-bond acceptors (Lipinski definition) is 4. The van der Waals surface area contributed by atoms with Crippen molar-refractivity contribution >= 4 is 17.7 Å². The van der Waals surface area contributed by atoms with Crippen molar-refractivity contribution in [3.8, 4) is 0 Å². The van der Waals surface area contributed by atoms with Gasteiger partial charge < -0.3 is 9.47 Å². The van der Waals surface area contributed by atoms with Crippen LogP contribution in [0, 0.1) is 0 Å². The second-order valence-corrected chi connectivity index (χ2v) is 5.05. The normalized spacial score (nSPS) is 10.6. The first-order chi connectivity index (χ1) is 11.4. The van der Waals surface area contributed by atoms with Crippen LogP contribution in [0.15, 0.2) is 67.2 Å². The molecule has 0 saturated carbocycles. The van der Waals surface area contributed by atoms with Gasteiger partial charge >= 0.3 is 11.9 Å². The molecule has 1 atom stereocenters. The minimum absolute atomic E-state index is 0.149. The van der Waals surface area contributed by atoms with Crippen LogP contribution >= 0.6 is 0 Å². The highest BCUT2D eigenvalue weighted by Crippen LogP contribution is 2.15. The number of esters is 2. The highest BCUT2D eigenvalue weighted by molar-refractivity contribution is 5.75. The first-order valence-corrected chi connectivity index (χ1v) is 7.55. The molecule has 0 heterocycles. The standard InChI is InChI=1S/C10H12O2.C10H10O2/c2*1-8(12-9(2)11)10-6-4-3-5-7-10/h3-8H,1-2H3;3-7H,1H2,2H3. The van der Waals surface area contributed by atoms with Crippen molar-refractivity contribution in [3.63, 3.8) is 0 Å². The maximum atomic E-state index is 10.6. The van der Waals surface area contributed by atoms with Crippen LogP contribution in [0.25, 0.3) is 5.76 Å². The van der Waals surface area contributed by atoms with Crippen LogP contribution in [0.1, 0.15) is 38.0 Å². The van der Waals surface area contributed by atoms with Crippen molar-refractivity contribution in [1.29, 1.82) is 0 Å². The molecule has 1 unspecified atom stereocenters. The number of carbonyl (C=O) groups excluding carboxylic acids is 2. The summed E-state index contributed by atoms with van der Waals surface area (Å²) in [6.45, 7) is 8.25. The molecule has 0 bridgehead atoms. The van der Waals surface area contributed by atoms with Gasteiger partial charge in [-0.3, -0.25) is 9.59 Å². The van der Waals surface area contributed by atoms with Crippen molar-refractivity contribution in [2.75, 3.05) is 0 Å². The molecule has 0 aromatic heterocycles. The summed E-state index contributed by atoms with van der Waals surface area (Å²) in [5.41, 5.74) is 1.85. The average molecular weight is 326 g/mol. The molecule has 0 aliphatic carbocycles. The van der Waals surface area contributed by atoms with Gasteiger partial charge in [0.15, 0.2) is 0 Å². The molecular weight excluding hydrogens is 304 g/mol. The quantitative estimate of drug-likeness (QED) is 0.612. The second-order valence-electron chi connectivity index (χ2n) is 5.05.